The van der Waals surface area contributed by atoms with Crippen LogP contribution < -0.4 is 0 Å². The summed E-state index contributed by atoms with van der Waals surface area (Å²) >= 11 is 0. The van der Waals surface area contributed by atoms with E-state index >= 15 is 0 Å². The van der Waals surface area contributed by atoms with Gasteiger partial charge >= 0.3 is 11.9 Å². The van der Waals surface area contributed by atoms with Gasteiger partial charge in [-0.2, -0.15) is 0 Å². The molecule has 1 rings (SSSR count). The molecule has 0 spiro atoms. The van der Waals surface area contributed by atoms with E-state index in [2.05, 4.69) is 41.5 Å². The first kappa shape index (κ1) is 27.0. The molecule has 1 fully saturated rings. The second-order valence-corrected chi connectivity index (χ2v) is 10.9. The van der Waals surface area contributed by atoms with Crippen LogP contribution in [-0.2, 0) is 19.1 Å². The van der Waals surface area contributed by atoms with Crippen LogP contribution in [0.3, 0.4) is 0 Å². The Hall–Kier alpha value is -1.06. The zero-order valence-electron chi connectivity index (χ0n) is 20.7. The average molecular weight is 425 g/mol. The fourth-order valence-corrected chi connectivity index (χ4v) is 4.85. The maximum Gasteiger partial charge on any atom is 0.308 e. The first-order valence-corrected chi connectivity index (χ1v) is 12.4. The van der Waals surface area contributed by atoms with Crippen molar-refractivity contribution in [3.63, 3.8) is 0 Å². The fraction of sp³-hybridized carbons (Fsp3) is 0.923. The topological polar surface area (TPSA) is 52.6 Å². The average Bonchev–Trinajstić information content (AvgIpc) is 2.68. The third-order valence-electron chi connectivity index (χ3n) is 6.73. The number of esters is 2. The quantitative estimate of drug-likeness (QED) is 0.220. The number of ether oxygens (including phenoxy) is 2. The highest BCUT2D eigenvalue weighted by Crippen LogP contribution is 2.32. The van der Waals surface area contributed by atoms with E-state index in [9.17, 15) is 9.59 Å². The summed E-state index contributed by atoms with van der Waals surface area (Å²) in [6, 6.07) is 0. The monoisotopic (exact) mass is 424 g/mol. The Morgan fingerprint density at radius 2 is 1.00 bits per heavy atom. The van der Waals surface area contributed by atoms with Crippen LogP contribution in [0.2, 0.25) is 0 Å². The van der Waals surface area contributed by atoms with Gasteiger partial charge in [0.05, 0.1) is 25.0 Å². The van der Waals surface area contributed by atoms with Crippen molar-refractivity contribution in [2.24, 2.45) is 22.7 Å². The first-order valence-electron chi connectivity index (χ1n) is 12.4. The molecule has 1 aliphatic rings. The Labute approximate surface area is 185 Å². The van der Waals surface area contributed by atoms with Gasteiger partial charge in [-0.25, -0.2) is 0 Å². The van der Waals surface area contributed by atoms with Gasteiger partial charge in [0, 0.05) is 0 Å². The Bertz CT molecular complexity index is 455. The van der Waals surface area contributed by atoms with E-state index in [4.69, 9.17) is 9.47 Å². The molecule has 0 amide bonds. The zero-order valence-corrected chi connectivity index (χ0v) is 20.7. The Balaban J connectivity index is 2.19. The summed E-state index contributed by atoms with van der Waals surface area (Å²) in [5.74, 6) is -0.248. The standard InChI is InChI=1S/C26H48O4/c1-7-15-25(3,4)17-9-19-29-23(27)21-11-13-22(14-12-21)24(28)30-20-10-18-26(5,6)16-8-2/h21-22H,7-20H2,1-6H3. The molecule has 0 bridgehead atoms. The summed E-state index contributed by atoms with van der Waals surface area (Å²) in [4.78, 5) is 24.7. The predicted octanol–water partition coefficient (Wildman–Crippen LogP) is 7.09. The van der Waals surface area contributed by atoms with E-state index in [1.807, 2.05) is 0 Å². The minimum absolute atomic E-state index is 0.0486. The number of carbonyl (C=O) groups excluding carboxylic acids is 2. The van der Waals surface area contributed by atoms with Crippen molar-refractivity contribution in [3.8, 4) is 0 Å². The summed E-state index contributed by atoms with van der Waals surface area (Å²) in [5, 5.41) is 0. The van der Waals surface area contributed by atoms with Crippen molar-refractivity contribution in [3.05, 3.63) is 0 Å². The fourth-order valence-electron chi connectivity index (χ4n) is 4.85. The highest BCUT2D eigenvalue weighted by molar-refractivity contribution is 5.75. The van der Waals surface area contributed by atoms with E-state index in [0.29, 0.717) is 24.0 Å². The maximum atomic E-state index is 12.3. The highest BCUT2D eigenvalue weighted by Gasteiger charge is 2.31. The molecule has 0 N–H and O–H groups in total. The minimum atomic E-state index is -0.0757. The normalized spacial score (nSPS) is 20.1. The second-order valence-electron chi connectivity index (χ2n) is 10.9. The molecule has 0 aromatic rings. The molecule has 0 saturated heterocycles. The zero-order chi connectivity index (χ0) is 22.6. The van der Waals surface area contributed by atoms with Crippen LogP contribution in [0.5, 0.6) is 0 Å². The van der Waals surface area contributed by atoms with Gasteiger partial charge in [-0.3, -0.25) is 9.59 Å². The van der Waals surface area contributed by atoms with Gasteiger partial charge in [0.2, 0.25) is 0 Å². The van der Waals surface area contributed by atoms with Gasteiger partial charge < -0.3 is 9.47 Å². The van der Waals surface area contributed by atoms with Crippen molar-refractivity contribution in [1.82, 2.24) is 0 Å². The van der Waals surface area contributed by atoms with Crippen LogP contribution in [0.4, 0.5) is 0 Å². The third kappa shape index (κ3) is 10.8. The second kappa shape index (κ2) is 13.4. The minimum Gasteiger partial charge on any atom is -0.465 e. The van der Waals surface area contributed by atoms with Crippen molar-refractivity contribution < 1.29 is 19.1 Å². The van der Waals surface area contributed by atoms with E-state index in [1.165, 1.54) is 25.7 Å². The van der Waals surface area contributed by atoms with Crippen LogP contribution in [-0.4, -0.2) is 25.2 Å². The van der Waals surface area contributed by atoms with E-state index < -0.39 is 0 Å². The lowest BCUT2D eigenvalue weighted by atomic mass is 9.82. The van der Waals surface area contributed by atoms with Crippen LogP contribution >= 0.6 is 0 Å². The maximum absolute atomic E-state index is 12.3. The number of hydrogen-bond acceptors (Lipinski definition) is 4. The molecule has 0 radical (unpaired) electrons. The Morgan fingerprint density at radius 1 is 0.667 bits per heavy atom. The van der Waals surface area contributed by atoms with Crippen LogP contribution in [0, 0.1) is 22.7 Å². The summed E-state index contributed by atoms with van der Waals surface area (Å²) in [5.41, 5.74) is 0.649. The number of hydrogen-bond donors (Lipinski definition) is 0. The molecule has 0 unspecified atom stereocenters. The molecular weight excluding hydrogens is 376 g/mol. The SMILES string of the molecule is CCCC(C)(C)CCCOC(=O)C1CCC(C(=O)OCCCC(C)(C)CCC)CC1. The molecule has 4 heteroatoms. The number of rotatable bonds is 14. The summed E-state index contributed by atoms with van der Waals surface area (Å²) in [6.07, 6.45) is 11.8. The van der Waals surface area contributed by atoms with Gasteiger partial charge in [0.1, 0.15) is 0 Å². The lowest BCUT2D eigenvalue weighted by Crippen LogP contribution is -2.28. The van der Waals surface area contributed by atoms with Crippen molar-refractivity contribution in [2.45, 2.75) is 119 Å². The van der Waals surface area contributed by atoms with E-state index in [1.54, 1.807) is 0 Å². The van der Waals surface area contributed by atoms with Gasteiger partial charge in [-0.15, -0.1) is 0 Å². The van der Waals surface area contributed by atoms with E-state index in [0.717, 1.165) is 51.4 Å². The summed E-state index contributed by atoms with van der Waals surface area (Å²) in [7, 11) is 0. The molecule has 30 heavy (non-hydrogen) atoms. The van der Waals surface area contributed by atoms with Crippen LogP contribution in [0.15, 0.2) is 0 Å². The smallest absolute Gasteiger partial charge is 0.308 e. The molecule has 0 aromatic heterocycles. The van der Waals surface area contributed by atoms with Crippen LogP contribution in [0.1, 0.15) is 119 Å². The van der Waals surface area contributed by atoms with Crippen molar-refractivity contribution in [2.75, 3.05) is 13.2 Å². The van der Waals surface area contributed by atoms with Gasteiger partial charge in [0.25, 0.3) is 0 Å². The van der Waals surface area contributed by atoms with Gasteiger partial charge in [-0.05, 0) is 75.0 Å². The molecule has 0 atom stereocenters. The lowest BCUT2D eigenvalue weighted by molar-refractivity contribution is -0.155. The summed E-state index contributed by atoms with van der Waals surface area (Å²) in [6.45, 7) is 14.6. The molecule has 0 aliphatic heterocycles. The highest BCUT2D eigenvalue weighted by atomic mass is 16.5. The predicted molar refractivity (Wildman–Crippen MR) is 123 cm³/mol. The molecule has 0 aromatic carbocycles. The Morgan fingerprint density at radius 3 is 1.30 bits per heavy atom. The van der Waals surface area contributed by atoms with Crippen molar-refractivity contribution >= 4 is 11.9 Å². The Kier molecular flexibility index (Phi) is 12.0. The molecule has 176 valence electrons. The molecule has 4 nitrogen and oxygen atoms in total. The summed E-state index contributed by atoms with van der Waals surface area (Å²) < 4.78 is 11.1. The third-order valence-corrected chi connectivity index (χ3v) is 6.73. The first-order chi connectivity index (χ1) is 14.1. The molecular formula is C26H48O4. The van der Waals surface area contributed by atoms with Gasteiger partial charge in [0.15, 0.2) is 0 Å². The van der Waals surface area contributed by atoms with Gasteiger partial charge in [-0.1, -0.05) is 54.4 Å². The number of carbonyl (C=O) groups is 2. The molecule has 0 heterocycles. The van der Waals surface area contributed by atoms with Crippen molar-refractivity contribution in [1.29, 1.82) is 0 Å². The largest absolute Gasteiger partial charge is 0.465 e. The van der Waals surface area contributed by atoms with Crippen LogP contribution in [0.25, 0.3) is 0 Å². The molecule has 1 aliphatic carbocycles. The lowest BCUT2D eigenvalue weighted by Gasteiger charge is -2.27. The molecule has 1 saturated carbocycles. The van der Waals surface area contributed by atoms with E-state index in [-0.39, 0.29) is 23.8 Å².